The van der Waals surface area contributed by atoms with Crippen LogP contribution < -0.4 is 4.74 Å². The Hall–Kier alpha value is -2.30. The number of esters is 1. The molecule has 28 heavy (non-hydrogen) atoms. The zero-order chi connectivity index (χ0) is 20.4. The van der Waals surface area contributed by atoms with Gasteiger partial charge in [0.25, 0.3) is 5.91 Å². The Balaban J connectivity index is 1.97. The lowest BCUT2D eigenvalue weighted by Gasteiger charge is -2.26. The van der Waals surface area contributed by atoms with Gasteiger partial charge in [-0.25, -0.2) is 0 Å². The molecule has 1 unspecified atom stereocenters. The summed E-state index contributed by atoms with van der Waals surface area (Å²) in [5.41, 5.74) is 2.58. The second-order valence-electron chi connectivity index (χ2n) is 7.41. The van der Waals surface area contributed by atoms with Crippen molar-refractivity contribution in [1.82, 2.24) is 4.90 Å². The molecule has 0 N–H and O–H groups in total. The number of hydrogen-bond acceptors (Lipinski definition) is 4. The van der Waals surface area contributed by atoms with Crippen LogP contribution in [0.15, 0.2) is 35.9 Å². The first-order valence-electron chi connectivity index (χ1n) is 10.3. The standard InChI is InChI=1S/C23H33NO4/c1-4-19-11-8-12-21(15-19)28-17-22(25)24(16-18(2)23(26)27-3)14-13-20-9-6-5-7-10-20/h8-9,11-12,15,18H,4-7,10,13-14,16-17H2,1-3H3. The summed E-state index contributed by atoms with van der Waals surface area (Å²) in [5, 5.41) is 0. The summed E-state index contributed by atoms with van der Waals surface area (Å²) in [7, 11) is 1.38. The molecule has 154 valence electrons. The summed E-state index contributed by atoms with van der Waals surface area (Å²) in [6.07, 6.45) is 8.76. The van der Waals surface area contributed by atoms with Gasteiger partial charge in [-0.3, -0.25) is 9.59 Å². The number of allylic oxidation sites excluding steroid dienone is 1. The number of carbonyl (C=O) groups excluding carboxylic acids is 2. The molecule has 0 spiro atoms. The van der Waals surface area contributed by atoms with Crippen LogP contribution in [0.5, 0.6) is 5.75 Å². The van der Waals surface area contributed by atoms with E-state index in [1.165, 1.54) is 31.1 Å². The third-order valence-electron chi connectivity index (χ3n) is 5.21. The number of amides is 1. The summed E-state index contributed by atoms with van der Waals surface area (Å²) >= 11 is 0. The van der Waals surface area contributed by atoms with Gasteiger partial charge in [0.15, 0.2) is 6.61 Å². The second kappa shape index (κ2) is 11.5. The van der Waals surface area contributed by atoms with E-state index in [2.05, 4.69) is 13.0 Å². The molecule has 0 saturated carbocycles. The molecule has 1 aromatic carbocycles. The summed E-state index contributed by atoms with van der Waals surface area (Å²) < 4.78 is 10.6. The van der Waals surface area contributed by atoms with Crippen molar-refractivity contribution in [3.8, 4) is 5.75 Å². The van der Waals surface area contributed by atoms with Crippen molar-refractivity contribution in [3.63, 3.8) is 0 Å². The highest BCUT2D eigenvalue weighted by atomic mass is 16.5. The van der Waals surface area contributed by atoms with E-state index in [1.54, 1.807) is 11.8 Å². The third kappa shape index (κ3) is 7.02. The van der Waals surface area contributed by atoms with Gasteiger partial charge >= 0.3 is 5.97 Å². The normalized spacial score (nSPS) is 14.8. The Morgan fingerprint density at radius 1 is 1.25 bits per heavy atom. The molecule has 0 saturated heterocycles. The number of nitrogens with zero attached hydrogens (tertiary/aromatic N) is 1. The van der Waals surface area contributed by atoms with Crippen LogP contribution in [-0.4, -0.2) is 43.6 Å². The fraction of sp³-hybridized carbons (Fsp3) is 0.565. The lowest BCUT2D eigenvalue weighted by molar-refractivity contribution is -0.146. The molecule has 5 nitrogen and oxygen atoms in total. The molecule has 1 amide bonds. The molecule has 0 fully saturated rings. The van der Waals surface area contributed by atoms with Crippen molar-refractivity contribution in [2.45, 2.75) is 52.4 Å². The van der Waals surface area contributed by atoms with Crippen molar-refractivity contribution < 1.29 is 19.1 Å². The van der Waals surface area contributed by atoms with E-state index in [4.69, 9.17) is 9.47 Å². The van der Waals surface area contributed by atoms with Crippen LogP contribution >= 0.6 is 0 Å². The van der Waals surface area contributed by atoms with Crippen LogP contribution in [0, 0.1) is 5.92 Å². The van der Waals surface area contributed by atoms with E-state index in [0.29, 0.717) is 18.8 Å². The molecule has 0 aliphatic heterocycles. The summed E-state index contributed by atoms with van der Waals surface area (Å²) in [4.78, 5) is 26.4. The van der Waals surface area contributed by atoms with E-state index in [0.717, 1.165) is 25.7 Å². The largest absolute Gasteiger partial charge is 0.484 e. The highest BCUT2D eigenvalue weighted by Gasteiger charge is 2.22. The Bertz CT molecular complexity index is 683. The lowest BCUT2D eigenvalue weighted by atomic mass is 9.97. The van der Waals surface area contributed by atoms with Crippen molar-refractivity contribution in [1.29, 1.82) is 0 Å². The Morgan fingerprint density at radius 3 is 2.75 bits per heavy atom. The summed E-state index contributed by atoms with van der Waals surface area (Å²) in [6.45, 7) is 4.79. The first-order chi connectivity index (χ1) is 13.5. The van der Waals surface area contributed by atoms with E-state index in [9.17, 15) is 9.59 Å². The molecule has 1 aliphatic carbocycles. The number of methoxy groups -OCH3 is 1. The maximum absolute atomic E-state index is 12.8. The highest BCUT2D eigenvalue weighted by molar-refractivity contribution is 5.79. The molecule has 1 aliphatic rings. The first kappa shape index (κ1) is 22.0. The maximum Gasteiger partial charge on any atom is 0.310 e. The minimum Gasteiger partial charge on any atom is -0.484 e. The quantitative estimate of drug-likeness (QED) is 0.447. The molecule has 2 rings (SSSR count). The average molecular weight is 388 g/mol. The van der Waals surface area contributed by atoms with Gasteiger partial charge in [0.05, 0.1) is 13.0 Å². The molecule has 0 bridgehead atoms. The van der Waals surface area contributed by atoms with Crippen molar-refractivity contribution >= 4 is 11.9 Å². The van der Waals surface area contributed by atoms with Gasteiger partial charge in [0, 0.05) is 13.1 Å². The fourth-order valence-electron chi connectivity index (χ4n) is 3.43. The van der Waals surface area contributed by atoms with E-state index in [1.807, 2.05) is 24.3 Å². The van der Waals surface area contributed by atoms with Gasteiger partial charge in [0.2, 0.25) is 0 Å². The monoisotopic (exact) mass is 387 g/mol. The van der Waals surface area contributed by atoms with Crippen LogP contribution in [0.4, 0.5) is 0 Å². The Morgan fingerprint density at radius 2 is 2.07 bits per heavy atom. The average Bonchev–Trinajstić information content (AvgIpc) is 2.74. The zero-order valence-electron chi connectivity index (χ0n) is 17.4. The molecular weight excluding hydrogens is 354 g/mol. The van der Waals surface area contributed by atoms with Gasteiger partial charge in [-0.2, -0.15) is 0 Å². The van der Waals surface area contributed by atoms with Crippen molar-refractivity contribution in [3.05, 3.63) is 41.5 Å². The minimum absolute atomic E-state index is 0.0277. The van der Waals surface area contributed by atoms with Crippen LogP contribution in [-0.2, 0) is 20.7 Å². The van der Waals surface area contributed by atoms with Gasteiger partial charge in [-0.15, -0.1) is 0 Å². The van der Waals surface area contributed by atoms with Crippen molar-refractivity contribution in [2.75, 3.05) is 26.8 Å². The first-order valence-corrected chi connectivity index (χ1v) is 10.3. The number of aryl methyl sites for hydroxylation is 1. The van der Waals surface area contributed by atoms with Crippen molar-refractivity contribution in [2.24, 2.45) is 5.92 Å². The smallest absolute Gasteiger partial charge is 0.310 e. The Kier molecular flexibility index (Phi) is 9.05. The number of ether oxygens (including phenoxy) is 2. The van der Waals surface area contributed by atoms with Gasteiger partial charge in [0.1, 0.15) is 5.75 Å². The van der Waals surface area contributed by atoms with Gasteiger partial charge in [-0.05, 0) is 56.2 Å². The predicted octanol–water partition coefficient (Wildman–Crippen LogP) is 4.16. The third-order valence-corrected chi connectivity index (χ3v) is 5.21. The Labute approximate surface area is 168 Å². The number of rotatable bonds is 10. The fourth-order valence-corrected chi connectivity index (χ4v) is 3.43. The SMILES string of the molecule is CCc1cccc(OCC(=O)N(CCC2=CCCCC2)CC(C)C(=O)OC)c1. The van der Waals surface area contributed by atoms with Crippen LogP contribution in [0.1, 0.15) is 51.5 Å². The summed E-state index contributed by atoms with van der Waals surface area (Å²) in [6, 6.07) is 7.80. The number of benzene rings is 1. The lowest BCUT2D eigenvalue weighted by Crippen LogP contribution is -2.40. The van der Waals surface area contributed by atoms with E-state index in [-0.39, 0.29) is 24.4 Å². The van der Waals surface area contributed by atoms with E-state index < -0.39 is 0 Å². The van der Waals surface area contributed by atoms with Gasteiger partial charge < -0.3 is 14.4 Å². The highest BCUT2D eigenvalue weighted by Crippen LogP contribution is 2.21. The van der Waals surface area contributed by atoms with Crippen LogP contribution in [0.25, 0.3) is 0 Å². The van der Waals surface area contributed by atoms with Gasteiger partial charge in [-0.1, -0.05) is 37.6 Å². The molecular formula is C23H33NO4. The molecule has 0 aromatic heterocycles. The minimum atomic E-state index is -0.363. The molecule has 1 atom stereocenters. The second-order valence-corrected chi connectivity index (χ2v) is 7.41. The zero-order valence-corrected chi connectivity index (χ0v) is 17.4. The maximum atomic E-state index is 12.8. The molecule has 1 aromatic rings. The number of hydrogen-bond donors (Lipinski definition) is 0. The molecule has 0 radical (unpaired) electrons. The van der Waals surface area contributed by atoms with Crippen LogP contribution in [0.2, 0.25) is 0 Å². The molecule has 5 heteroatoms. The summed E-state index contributed by atoms with van der Waals surface area (Å²) in [5.74, 6) is -0.0679. The van der Waals surface area contributed by atoms with E-state index >= 15 is 0 Å². The number of carbonyl (C=O) groups is 2. The topological polar surface area (TPSA) is 55.8 Å². The van der Waals surface area contributed by atoms with Crippen LogP contribution in [0.3, 0.4) is 0 Å². The molecule has 0 heterocycles. The predicted molar refractivity (Wildman–Crippen MR) is 110 cm³/mol.